The number of nitrogens with zero attached hydrogens (tertiary/aromatic N) is 1. The number of anilines is 1. The molecular weight excluding hydrogens is 190 g/mol. The van der Waals surface area contributed by atoms with Crippen LogP contribution in [-0.2, 0) is 4.79 Å². The van der Waals surface area contributed by atoms with Crippen molar-refractivity contribution >= 4 is 11.5 Å². The van der Waals surface area contributed by atoms with Gasteiger partial charge in [0.15, 0.2) is 5.78 Å². The first-order chi connectivity index (χ1) is 7.29. The van der Waals surface area contributed by atoms with E-state index >= 15 is 0 Å². The predicted octanol–water partition coefficient (Wildman–Crippen LogP) is 2.39. The third-order valence-electron chi connectivity index (χ3n) is 2.84. The molecule has 1 aromatic rings. The maximum absolute atomic E-state index is 11.6. The van der Waals surface area contributed by atoms with E-state index in [-0.39, 0.29) is 11.8 Å². The monoisotopic (exact) mass is 205 g/mol. The van der Waals surface area contributed by atoms with Crippen molar-refractivity contribution in [2.24, 2.45) is 0 Å². The van der Waals surface area contributed by atoms with Crippen molar-refractivity contribution in [3.8, 4) is 0 Å². The summed E-state index contributed by atoms with van der Waals surface area (Å²) in [4.78, 5) is 11.6. The van der Waals surface area contributed by atoms with Crippen LogP contribution < -0.4 is 5.06 Å². The fourth-order valence-electron chi connectivity index (χ4n) is 1.98. The lowest BCUT2D eigenvalue weighted by atomic mass is 9.93. The lowest BCUT2D eigenvalue weighted by Gasteiger charge is -2.29. The molecule has 0 aromatic heterocycles. The molecule has 0 radical (unpaired) electrons. The maximum atomic E-state index is 11.6. The molecule has 2 rings (SSSR count). The first-order valence-electron chi connectivity index (χ1n) is 5.35. The van der Waals surface area contributed by atoms with Crippen LogP contribution in [0.25, 0.3) is 0 Å². The molecule has 1 aliphatic rings. The van der Waals surface area contributed by atoms with Gasteiger partial charge in [-0.3, -0.25) is 10.0 Å². The molecule has 0 saturated heterocycles. The van der Waals surface area contributed by atoms with Crippen LogP contribution in [0.3, 0.4) is 0 Å². The first kappa shape index (κ1) is 10.2. The van der Waals surface area contributed by atoms with Crippen LogP contribution in [0.5, 0.6) is 0 Å². The highest BCUT2D eigenvalue weighted by atomic mass is 16.5. The van der Waals surface area contributed by atoms with Crippen molar-refractivity contribution in [3.05, 3.63) is 30.3 Å². The Labute approximate surface area is 89.3 Å². The van der Waals surface area contributed by atoms with E-state index in [4.69, 9.17) is 0 Å². The Morgan fingerprint density at radius 1 is 1.20 bits per heavy atom. The highest BCUT2D eigenvalue weighted by Crippen LogP contribution is 2.23. The Balaban J connectivity index is 2.13. The average Bonchev–Trinajstić information content (AvgIpc) is 2.30. The number of carbonyl (C=O) groups is 1. The summed E-state index contributed by atoms with van der Waals surface area (Å²) in [5, 5.41) is 11.0. The first-order valence-corrected chi connectivity index (χ1v) is 5.35. The molecule has 15 heavy (non-hydrogen) atoms. The van der Waals surface area contributed by atoms with Gasteiger partial charge in [0, 0.05) is 6.42 Å². The fraction of sp³-hybridized carbons (Fsp3) is 0.417. The normalized spacial score (nSPS) is 21.4. The van der Waals surface area contributed by atoms with Crippen molar-refractivity contribution in [3.63, 3.8) is 0 Å². The second kappa shape index (κ2) is 4.45. The van der Waals surface area contributed by atoms with Crippen molar-refractivity contribution in [2.45, 2.75) is 31.7 Å². The molecule has 1 saturated carbocycles. The SMILES string of the molecule is O=C1CCCC[C@@H]1N(O)c1ccccc1. The Hall–Kier alpha value is -1.35. The van der Waals surface area contributed by atoms with E-state index in [2.05, 4.69) is 0 Å². The molecule has 0 heterocycles. The van der Waals surface area contributed by atoms with Crippen LogP contribution >= 0.6 is 0 Å². The molecule has 1 aromatic carbocycles. The molecule has 0 unspecified atom stereocenters. The van der Waals surface area contributed by atoms with E-state index in [1.54, 1.807) is 0 Å². The van der Waals surface area contributed by atoms with Crippen molar-refractivity contribution < 1.29 is 10.0 Å². The zero-order valence-electron chi connectivity index (χ0n) is 8.60. The van der Waals surface area contributed by atoms with Crippen molar-refractivity contribution in [2.75, 3.05) is 5.06 Å². The van der Waals surface area contributed by atoms with Crippen LogP contribution in [-0.4, -0.2) is 17.0 Å². The summed E-state index contributed by atoms with van der Waals surface area (Å²) in [5.41, 5.74) is 0.692. The van der Waals surface area contributed by atoms with E-state index in [9.17, 15) is 10.0 Å². The molecule has 3 nitrogen and oxygen atoms in total. The highest BCUT2D eigenvalue weighted by Gasteiger charge is 2.27. The van der Waals surface area contributed by atoms with E-state index in [0.29, 0.717) is 12.1 Å². The predicted molar refractivity (Wildman–Crippen MR) is 58.0 cm³/mol. The zero-order valence-corrected chi connectivity index (χ0v) is 8.60. The summed E-state index contributed by atoms with van der Waals surface area (Å²) in [7, 11) is 0. The standard InChI is InChI=1S/C12H15NO2/c14-12-9-5-4-8-11(12)13(15)10-6-2-1-3-7-10/h1-3,6-7,11,15H,4-5,8-9H2/t11-/m0/s1. The van der Waals surface area contributed by atoms with Gasteiger partial charge in [-0.15, -0.1) is 0 Å². The van der Waals surface area contributed by atoms with Gasteiger partial charge in [0.1, 0.15) is 6.04 Å². The van der Waals surface area contributed by atoms with Crippen LogP contribution in [0.15, 0.2) is 30.3 Å². The van der Waals surface area contributed by atoms with Gasteiger partial charge >= 0.3 is 0 Å². The second-order valence-corrected chi connectivity index (χ2v) is 3.91. The van der Waals surface area contributed by atoms with E-state index in [0.717, 1.165) is 24.3 Å². The van der Waals surface area contributed by atoms with Gasteiger partial charge in [-0.05, 0) is 25.0 Å². The second-order valence-electron chi connectivity index (χ2n) is 3.91. The minimum Gasteiger partial charge on any atom is -0.297 e. The molecule has 0 spiro atoms. The summed E-state index contributed by atoms with van der Waals surface area (Å²) in [6, 6.07) is 8.86. The molecule has 1 aliphatic carbocycles. The Morgan fingerprint density at radius 2 is 1.93 bits per heavy atom. The number of hydrogen-bond acceptors (Lipinski definition) is 3. The number of hydrogen-bond donors (Lipinski definition) is 1. The zero-order chi connectivity index (χ0) is 10.7. The van der Waals surface area contributed by atoms with Crippen LogP contribution in [0, 0.1) is 0 Å². The van der Waals surface area contributed by atoms with Gasteiger partial charge in [-0.1, -0.05) is 24.6 Å². The van der Waals surface area contributed by atoms with Crippen molar-refractivity contribution in [1.29, 1.82) is 0 Å². The minimum absolute atomic E-state index is 0.146. The van der Waals surface area contributed by atoms with Crippen LogP contribution in [0.4, 0.5) is 5.69 Å². The molecule has 0 bridgehead atoms. The van der Waals surface area contributed by atoms with E-state index in [1.165, 1.54) is 0 Å². The van der Waals surface area contributed by atoms with E-state index in [1.807, 2.05) is 30.3 Å². The van der Waals surface area contributed by atoms with Gasteiger partial charge in [-0.2, -0.15) is 0 Å². The summed E-state index contributed by atoms with van der Waals surface area (Å²) < 4.78 is 0. The third-order valence-corrected chi connectivity index (χ3v) is 2.84. The molecule has 0 amide bonds. The number of benzene rings is 1. The Kier molecular flexibility index (Phi) is 3.02. The number of rotatable bonds is 2. The summed E-state index contributed by atoms with van der Waals surface area (Å²) in [6.45, 7) is 0. The Morgan fingerprint density at radius 3 is 2.60 bits per heavy atom. The van der Waals surface area contributed by atoms with Crippen LogP contribution in [0.1, 0.15) is 25.7 Å². The van der Waals surface area contributed by atoms with Gasteiger partial charge in [0.25, 0.3) is 0 Å². The lowest BCUT2D eigenvalue weighted by Crippen LogP contribution is -2.40. The summed E-state index contributed by atoms with van der Waals surface area (Å²) in [5.74, 6) is 0.146. The van der Waals surface area contributed by atoms with Gasteiger partial charge in [0.05, 0.1) is 5.69 Å². The topological polar surface area (TPSA) is 40.5 Å². The average molecular weight is 205 g/mol. The van der Waals surface area contributed by atoms with Gasteiger partial charge in [0.2, 0.25) is 0 Å². The number of hydroxylamine groups is 1. The summed E-state index contributed by atoms with van der Waals surface area (Å²) in [6.07, 6.45) is 3.32. The fourth-order valence-corrected chi connectivity index (χ4v) is 1.98. The maximum Gasteiger partial charge on any atom is 0.157 e. The molecule has 3 heteroatoms. The minimum atomic E-state index is -0.346. The molecular formula is C12H15NO2. The largest absolute Gasteiger partial charge is 0.297 e. The smallest absolute Gasteiger partial charge is 0.157 e. The molecule has 1 atom stereocenters. The third kappa shape index (κ3) is 2.18. The van der Waals surface area contributed by atoms with Crippen molar-refractivity contribution in [1.82, 2.24) is 0 Å². The van der Waals surface area contributed by atoms with E-state index < -0.39 is 0 Å². The molecule has 0 aliphatic heterocycles. The molecule has 80 valence electrons. The molecule has 1 N–H and O–H groups in total. The summed E-state index contributed by atoms with van der Waals surface area (Å²) >= 11 is 0. The van der Waals surface area contributed by atoms with Crippen LogP contribution in [0.2, 0.25) is 0 Å². The quantitative estimate of drug-likeness (QED) is 0.754. The number of carbonyl (C=O) groups excluding carboxylic acids is 1. The highest BCUT2D eigenvalue weighted by molar-refractivity contribution is 5.87. The molecule has 1 fully saturated rings. The van der Waals surface area contributed by atoms with Gasteiger partial charge in [-0.25, -0.2) is 5.06 Å². The lowest BCUT2D eigenvalue weighted by molar-refractivity contribution is -0.123. The Bertz CT molecular complexity index is 337. The van der Waals surface area contributed by atoms with Gasteiger partial charge < -0.3 is 0 Å². The number of ketones is 1. The number of Topliss-reactive ketones (excluding diaryl/α,β-unsaturated/α-hetero) is 1. The number of para-hydroxylation sites is 1.